The van der Waals surface area contributed by atoms with Crippen LogP contribution in [0.4, 0.5) is 0 Å². The number of hydrogen-bond donors (Lipinski definition) is 1. The van der Waals surface area contributed by atoms with E-state index in [1.54, 1.807) is 37.6 Å². The molecule has 0 fully saturated rings. The van der Waals surface area contributed by atoms with Crippen LogP contribution in [0, 0.1) is 13.8 Å². The van der Waals surface area contributed by atoms with Crippen molar-refractivity contribution in [2.75, 3.05) is 7.11 Å². The summed E-state index contributed by atoms with van der Waals surface area (Å²) in [6.07, 6.45) is 1.78. The molecule has 0 saturated heterocycles. The number of aryl methyl sites for hydroxylation is 1. The summed E-state index contributed by atoms with van der Waals surface area (Å²) in [6.45, 7) is 4.30. The standard InChI is InChI=1S/C15H17NO3/c1-10-8-16-14(11(2)15(10)18-3)9-19-13-6-4-12(17)5-7-13/h4-8,17H,9H2,1-3H3. The van der Waals surface area contributed by atoms with Crippen LogP contribution in [0.15, 0.2) is 30.5 Å². The number of hydrogen-bond acceptors (Lipinski definition) is 4. The predicted octanol–water partition coefficient (Wildman–Crippen LogP) is 2.99. The fourth-order valence-electron chi connectivity index (χ4n) is 1.91. The number of pyridine rings is 1. The van der Waals surface area contributed by atoms with E-state index >= 15 is 0 Å². The van der Waals surface area contributed by atoms with E-state index in [-0.39, 0.29) is 5.75 Å². The van der Waals surface area contributed by atoms with Gasteiger partial charge in [-0.05, 0) is 38.1 Å². The molecule has 0 unspecified atom stereocenters. The van der Waals surface area contributed by atoms with Gasteiger partial charge < -0.3 is 14.6 Å². The fourth-order valence-corrected chi connectivity index (χ4v) is 1.91. The van der Waals surface area contributed by atoms with Crippen molar-refractivity contribution in [2.45, 2.75) is 20.5 Å². The lowest BCUT2D eigenvalue weighted by atomic mass is 10.1. The molecule has 1 N–H and O–H groups in total. The summed E-state index contributed by atoms with van der Waals surface area (Å²) in [5, 5.41) is 9.20. The Kier molecular flexibility index (Phi) is 3.90. The number of ether oxygens (including phenoxy) is 2. The molecular weight excluding hydrogens is 242 g/mol. The molecule has 4 heteroatoms. The molecule has 0 bridgehead atoms. The summed E-state index contributed by atoms with van der Waals surface area (Å²) < 4.78 is 11.0. The van der Waals surface area contributed by atoms with Crippen LogP contribution in [0.2, 0.25) is 0 Å². The van der Waals surface area contributed by atoms with Gasteiger partial charge in [-0.15, -0.1) is 0 Å². The highest BCUT2D eigenvalue weighted by molar-refractivity contribution is 5.41. The van der Waals surface area contributed by atoms with Gasteiger partial charge in [0.05, 0.1) is 12.8 Å². The quantitative estimate of drug-likeness (QED) is 0.917. The molecule has 2 rings (SSSR count). The van der Waals surface area contributed by atoms with Crippen molar-refractivity contribution >= 4 is 0 Å². The van der Waals surface area contributed by atoms with Crippen molar-refractivity contribution in [3.8, 4) is 17.2 Å². The van der Waals surface area contributed by atoms with Crippen LogP contribution >= 0.6 is 0 Å². The first-order chi connectivity index (χ1) is 9.11. The molecule has 0 aliphatic heterocycles. The highest BCUT2D eigenvalue weighted by Crippen LogP contribution is 2.25. The van der Waals surface area contributed by atoms with Crippen LogP contribution in [-0.2, 0) is 6.61 Å². The molecule has 0 radical (unpaired) electrons. The smallest absolute Gasteiger partial charge is 0.131 e. The first-order valence-electron chi connectivity index (χ1n) is 6.02. The Morgan fingerprint density at radius 2 is 1.84 bits per heavy atom. The summed E-state index contributed by atoms with van der Waals surface area (Å²) in [5.41, 5.74) is 2.84. The topological polar surface area (TPSA) is 51.6 Å². The molecule has 0 saturated carbocycles. The largest absolute Gasteiger partial charge is 0.508 e. The molecule has 19 heavy (non-hydrogen) atoms. The Bertz CT molecular complexity index is 564. The van der Waals surface area contributed by atoms with Crippen LogP contribution in [-0.4, -0.2) is 17.2 Å². The minimum Gasteiger partial charge on any atom is -0.508 e. The first-order valence-corrected chi connectivity index (χ1v) is 6.02. The number of phenolic OH excluding ortho intramolecular Hbond substituents is 1. The number of methoxy groups -OCH3 is 1. The summed E-state index contributed by atoms with van der Waals surface area (Å²) in [4.78, 5) is 4.36. The minimum absolute atomic E-state index is 0.221. The Labute approximate surface area is 112 Å². The van der Waals surface area contributed by atoms with E-state index in [2.05, 4.69) is 4.98 Å². The van der Waals surface area contributed by atoms with Crippen molar-refractivity contribution in [2.24, 2.45) is 0 Å². The van der Waals surface area contributed by atoms with E-state index < -0.39 is 0 Å². The van der Waals surface area contributed by atoms with Crippen molar-refractivity contribution < 1.29 is 14.6 Å². The average molecular weight is 259 g/mol. The molecule has 1 aromatic heterocycles. The number of benzene rings is 1. The molecule has 0 amide bonds. The number of phenols is 1. The third-order valence-corrected chi connectivity index (χ3v) is 2.96. The maximum Gasteiger partial charge on any atom is 0.131 e. The van der Waals surface area contributed by atoms with E-state index in [1.165, 1.54) is 0 Å². The van der Waals surface area contributed by atoms with Gasteiger partial charge in [0.1, 0.15) is 23.9 Å². The Morgan fingerprint density at radius 1 is 1.16 bits per heavy atom. The van der Waals surface area contributed by atoms with Gasteiger partial charge in [-0.1, -0.05) is 0 Å². The van der Waals surface area contributed by atoms with E-state index in [0.29, 0.717) is 12.4 Å². The maximum atomic E-state index is 9.20. The van der Waals surface area contributed by atoms with Crippen LogP contribution in [0.25, 0.3) is 0 Å². The van der Waals surface area contributed by atoms with Crippen LogP contribution in [0.1, 0.15) is 16.8 Å². The summed E-state index contributed by atoms with van der Waals surface area (Å²) >= 11 is 0. The van der Waals surface area contributed by atoms with Gasteiger partial charge in [0.15, 0.2) is 0 Å². The number of aromatic hydroxyl groups is 1. The summed E-state index contributed by atoms with van der Waals surface area (Å²) in [6, 6.07) is 6.61. The second-order valence-electron chi connectivity index (χ2n) is 4.33. The fraction of sp³-hybridized carbons (Fsp3) is 0.267. The van der Waals surface area contributed by atoms with Gasteiger partial charge in [-0.3, -0.25) is 4.98 Å². The molecule has 1 aromatic carbocycles. The average Bonchev–Trinajstić information content (AvgIpc) is 2.40. The third kappa shape index (κ3) is 2.96. The Hall–Kier alpha value is -2.23. The van der Waals surface area contributed by atoms with Crippen molar-refractivity contribution in [1.29, 1.82) is 0 Å². The second-order valence-corrected chi connectivity index (χ2v) is 4.33. The zero-order chi connectivity index (χ0) is 13.8. The molecule has 2 aromatic rings. The lowest BCUT2D eigenvalue weighted by molar-refractivity contribution is 0.298. The van der Waals surface area contributed by atoms with E-state index in [0.717, 1.165) is 22.6 Å². The predicted molar refractivity (Wildman–Crippen MR) is 72.7 cm³/mol. The molecule has 4 nitrogen and oxygen atoms in total. The summed E-state index contributed by atoms with van der Waals surface area (Å²) in [5.74, 6) is 1.76. The monoisotopic (exact) mass is 259 g/mol. The molecule has 0 aliphatic carbocycles. The van der Waals surface area contributed by atoms with Gasteiger partial charge in [0, 0.05) is 17.3 Å². The highest BCUT2D eigenvalue weighted by Gasteiger charge is 2.09. The van der Waals surface area contributed by atoms with Gasteiger partial charge in [0.2, 0.25) is 0 Å². The van der Waals surface area contributed by atoms with Crippen LogP contribution in [0.3, 0.4) is 0 Å². The molecule has 100 valence electrons. The molecular formula is C15H17NO3. The highest BCUT2D eigenvalue weighted by atomic mass is 16.5. The van der Waals surface area contributed by atoms with Crippen LogP contribution < -0.4 is 9.47 Å². The lowest BCUT2D eigenvalue weighted by Gasteiger charge is -2.13. The number of aromatic nitrogens is 1. The van der Waals surface area contributed by atoms with Gasteiger partial charge in [0.25, 0.3) is 0 Å². The van der Waals surface area contributed by atoms with Crippen molar-refractivity contribution in [3.63, 3.8) is 0 Å². The maximum absolute atomic E-state index is 9.20. The molecule has 0 aliphatic rings. The van der Waals surface area contributed by atoms with E-state index in [1.807, 2.05) is 13.8 Å². The van der Waals surface area contributed by atoms with Gasteiger partial charge >= 0.3 is 0 Å². The first kappa shape index (κ1) is 13.2. The zero-order valence-corrected chi connectivity index (χ0v) is 11.3. The minimum atomic E-state index is 0.221. The zero-order valence-electron chi connectivity index (χ0n) is 11.3. The molecule has 0 spiro atoms. The third-order valence-electron chi connectivity index (χ3n) is 2.96. The second kappa shape index (κ2) is 5.61. The SMILES string of the molecule is COc1c(C)cnc(COc2ccc(O)cc2)c1C. The summed E-state index contributed by atoms with van der Waals surface area (Å²) in [7, 11) is 1.65. The van der Waals surface area contributed by atoms with Gasteiger partial charge in [-0.25, -0.2) is 0 Å². The molecule has 0 atom stereocenters. The van der Waals surface area contributed by atoms with E-state index in [4.69, 9.17) is 9.47 Å². The Morgan fingerprint density at radius 3 is 2.47 bits per heavy atom. The number of rotatable bonds is 4. The van der Waals surface area contributed by atoms with Crippen molar-refractivity contribution in [3.05, 3.63) is 47.3 Å². The molecule has 1 heterocycles. The van der Waals surface area contributed by atoms with Crippen molar-refractivity contribution in [1.82, 2.24) is 4.98 Å². The number of nitrogens with zero attached hydrogens (tertiary/aromatic N) is 1. The normalized spacial score (nSPS) is 10.3. The van der Waals surface area contributed by atoms with Gasteiger partial charge in [-0.2, -0.15) is 0 Å². The van der Waals surface area contributed by atoms with Crippen LogP contribution in [0.5, 0.6) is 17.2 Å². The Balaban J connectivity index is 2.13. The lowest BCUT2D eigenvalue weighted by Crippen LogP contribution is -2.04. The van der Waals surface area contributed by atoms with E-state index in [9.17, 15) is 5.11 Å².